The molecule has 2 aliphatic heterocycles. The lowest BCUT2D eigenvalue weighted by Gasteiger charge is -2.37. The van der Waals surface area contributed by atoms with Crippen molar-refractivity contribution in [3.05, 3.63) is 59.7 Å². The van der Waals surface area contributed by atoms with Crippen LogP contribution in [0.2, 0.25) is 0 Å². The fourth-order valence-electron chi connectivity index (χ4n) is 3.87. The van der Waals surface area contributed by atoms with E-state index in [4.69, 9.17) is 4.74 Å². The number of carbonyl (C=O) groups excluding carboxylic acids is 2. The summed E-state index contributed by atoms with van der Waals surface area (Å²) in [6.45, 7) is 2.86. The number of fused-ring (bicyclic) bond motifs is 1. The van der Waals surface area contributed by atoms with Gasteiger partial charge in [-0.05, 0) is 23.8 Å². The Hall–Kier alpha value is -3.02. The number of hydrogen-bond donors (Lipinski definition) is 1. The molecule has 2 aromatic rings. The summed E-state index contributed by atoms with van der Waals surface area (Å²) in [7, 11) is 1.67. The standard InChI is InChI=1S/C21H23N3O3/c1-27-19-9-5-4-8-18(19)23-10-12-24(13-11-23)20(25)14-17-15-6-2-3-7-16(15)21(26)22-17/h2-9,17H,10-14H2,1H3,(H,22,26)/t17-/m0/s1. The number of hydrogen-bond acceptors (Lipinski definition) is 4. The highest BCUT2D eigenvalue weighted by Gasteiger charge is 2.31. The predicted octanol–water partition coefficient (Wildman–Crippen LogP) is 2.22. The highest BCUT2D eigenvalue weighted by Crippen LogP contribution is 2.30. The van der Waals surface area contributed by atoms with Crippen molar-refractivity contribution in [2.45, 2.75) is 12.5 Å². The van der Waals surface area contributed by atoms with Crippen molar-refractivity contribution in [3.63, 3.8) is 0 Å². The maximum atomic E-state index is 12.8. The normalized spacial score (nSPS) is 18.9. The average molecular weight is 365 g/mol. The van der Waals surface area contributed by atoms with Crippen molar-refractivity contribution < 1.29 is 14.3 Å². The molecule has 0 spiro atoms. The van der Waals surface area contributed by atoms with Gasteiger partial charge in [-0.25, -0.2) is 0 Å². The molecule has 0 saturated carbocycles. The summed E-state index contributed by atoms with van der Waals surface area (Å²) in [4.78, 5) is 28.9. The number of benzene rings is 2. The van der Waals surface area contributed by atoms with Gasteiger partial charge in [-0.2, -0.15) is 0 Å². The van der Waals surface area contributed by atoms with Crippen molar-refractivity contribution in [2.75, 3.05) is 38.2 Å². The largest absolute Gasteiger partial charge is 0.495 e. The molecule has 1 N–H and O–H groups in total. The molecule has 2 heterocycles. The molecule has 4 rings (SSSR count). The summed E-state index contributed by atoms with van der Waals surface area (Å²) in [6.07, 6.45) is 0.303. The number of methoxy groups -OCH3 is 1. The Morgan fingerprint density at radius 1 is 1.07 bits per heavy atom. The number of amides is 2. The van der Waals surface area contributed by atoms with E-state index in [-0.39, 0.29) is 17.9 Å². The van der Waals surface area contributed by atoms with Crippen LogP contribution >= 0.6 is 0 Å². The summed E-state index contributed by atoms with van der Waals surface area (Å²) in [5, 5.41) is 2.93. The van der Waals surface area contributed by atoms with E-state index < -0.39 is 0 Å². The van der Waals surface area contributed by atoms with Gasteiger partial charge in [0.2, 0.25) is 5.91 Å². The average Bonchev–Trinajstić information content (AvgIpc) is 3.04. The van der Waals surface area contributed by atoms with Gasteiger partial charge < -0.3 is 19.9 Å². The number of piperazine rings is 1. The number of para-hydroxylation sites is 2. The van der Waals surface area contributed by atoms with Gasteiger partial charge in [-0.15, -0.1) is 0 Å². The van der Waals surface area contributed by atoms with E-state index in [2.05, 4.69) is 10.2 Å². The number of nitrogens with one attached hydrogen (secondary N) is 1. The number of rotatable bonds is 4. The van der Waals surface area contributed by atoms with Crippen LogP contribution in [-0.4, -0.2) is 50.0 Å². The molecule has 0 radical (unpaired) electrons. The molecule has 1 fully saturated rings. The van der Waals surface area contributed by atoms with Crippen LogP contribution in [0.15, 0.2) is 48.5 Å². The van der Waals surface area contributed by atoms with E-state index in [9.17, 15) is 9.59 Å². The minimum Gasteiger partial charge on any atom is -0.495 e. The Kier molecular flexibility index (Phi) is 4.71. The highest BCUT2D eigenvalue weighted by atomic mass is 16.5. The van der Waals surface area contributed by atoms with Crippen LogP contribution in [-0.2, 0) is 4.79 Å². The molecule has 0 aromatic heterocycles. The number of ether oxygens (including phenoxy) is 1. The molecule has 0 unspecified atom stereocenters. The van der Waals surface area contributed by atoms with Gasteiger partial charge in [-0.3, -0.25) is 9.59 Å². The second kappa shape index (κ2) is 7.31. The van der Waals surface area contributed by atoms with Crippen LogP contribution < -0.4 is 15.0 Å². The van der Waals surface area contributed by atoms with E-state index in [1.54, 1.807) is 13.2 Å². The summed E-state index contributed by atoms with van der Waals surface area (Å²) < 4.78 is 5.44. The zero-order chi connectivity index (χ0) is 18.8. The fraction of sp³-hybridized carbons (Fsp3) is 0.333. The Morgan fingerprint density at radius 3 is 2.56 bits per heavy atom. The first-order valence-corrected chi connectivity index (χ1v) is 9.23. The summed E-state index contributed by atoms with van der Waals surface area (Å²) in [6, 6.07) is 15.2. The Morgan fingerprint density at radius 2 is 1.78 bits per heavy atom. The van der Waals surface area contributed by atoms with Crippen LogP contribution in [0.1, 0.15) is 28.4 Å². The molecule has 2 aliphatic rings. The first kappa shape index (κ1) is 17.4. The highest BCUT2D eigenvalue weighted by molar-refractivity contribution is 5.99. The van der Waals surface area contributed by atoms with E-state index in [1.807, 2.05) is 47.4 Å². The van der Waals surface area contributed by atoms with Crippen LogP contribution in [0.25, 0.3) is 0 Å². The smallest absolute Gasteiger partial charge is 0.252 e. The lowest BCUT2D eigenvalue weighted by atomic mass is 10.0. The molecule has 6 heteroatoms. The van der Waals surface area contributed by atoms with Crippen LogP contribution in [0.3, 0.4) is 0 Å². The quantitative estimate of drug-likeness (QED) is 0.903. The minimum absolute atomic E-state index is 0.0803. The van der Waals surface area contributed by atoms with Crippen molar-refractivity contribution in [1.29, 1.82) is 0 Å². The maximum absolute atomic E-state index is 12.8. The SMILES string of the molecule is COc1ccccc1N1CCN(C(=O)C[C@@H]2NC(=O)c3ccccc32)CC1. The third-order valence-corrected chi connectivity index (χ3v) is 5.32. The van der Waals surface area contributed by atoms with Gasteiger partial charge in [0.05, 0.1) is 25.3 Å². The van der Waals surface area contributed by atoms with E-state index in [1.165, 1.54) is 0 Å². The molecule has 140 valence electrons. The molecule has 1 saturated heterocycles. The monoisotopic (exact) mass is 365 g/mol. The van der Waals surface area contributed by atoms with Crippen LogP contribution in [0.4, 0.5) is 5.69 Å². The molecular formula is C21H23N3O3. The van der Waals surface area contributed by atoms with Gasteiger partial charge in [-0.1, -0.05) is 30.3 Å². The van der Waals surface area contributed by atoms with Gasteiger partial charge in [0.15, 0.2) is 0 Å². The molecular weight excluding hydrogens is 342 g/mol. The van der Waals surface area contributed by atoms with E-state index >= 15 is 0 Å². The van der Waals surface area contributed by atoms with E-state index in [0.29, 0.717) is 25.1 Å². The van der Waals surface area contributed by atoms with Gasteiger partial charge in [0.25, 0.3) is 5.91 Å². The molecule has 0 bridgehead atoms. The number of carbonyl (C=O) groups is 2. The molecule has 1 atom stereocenters. The second-order valence-electron chi connectivity index (χ2n) is 6.86. The van der Waals surface area contributed by atoms with Crippen molar-refractivity contribution in [2.24, 2.45) is 0 Å². The van der Waals surface area contributed by atoms with Gasteiger partial charge >= 0.3 is 0 Å². The van der Waals surface area contributed by atoms with Crippen molar-refractivity contribution >= 4 is 17.5 Å². The second-order valence-corrected chi connectivity index (χ2v) is 6.86. The third-order valence-electron chi connectivity index (χ3n) is 5.32. The zero-order valence-corrected chi connectivity index (χ0v) is 15.4. The Balaban J connectivity index is 1.38. The first-order chi connectivity index (χ1) is 13.2. The third kappa shape index (κ3) is 3.35. The number of anilines is 1. The Bertz CT molecular complexity index is 859. The molecule has 27 heavy (non-hydrogen) atoms. The van der Waals surface area contributed by atoms with Crippen molar-refractivity contribution in [1.82, 2.24) is 10.2 Å². The molecule has 0 aliphatic carbocycles. The maximum Gasteiger partial charge on any atom is 0.252 e. The molecule has 6 nitrogen and oxygen atoms in total. The van der Waals surface area contributed by atoms with E-state index in [0.717, 1.165) is 30.1 Å². The predicted molar refractivity (Wildman–Crippen MR) is 103 cm³/mol. The lowest BCUT2D eigenvalue weighted by Crippen LogP contribution is -2.49. The minimum atomic E-state index is -0.228. The summed E-state index contributed by atoms with van der Waals surface area (Å²) in [5.74, 6) is 0.837. The Labute approximate surface area is 158 Å². The van der Waals surface area contributed by atoms with Crippen LogP contribution in [0.5, 0.6) is 5.75 Å². The molecule has 2 amide bonds. The fourth-order valence-corrected chi connectivity index (χ4v) is 3.87. The summed E-state index contributed by atoms with van der Waals surface area (Å²) >= 11 is 0. The van der Waals surface area contributed by atoms with Crippen LogP contribution in [0, 0.1) is 0 Å². The summed E-state index contributed by atoms with van der Waals surface area (Å²) in [5.41, 5.74) is 2.66. The van der Waals surface area contributed by atoms with Crippen molar-refractivity contribution in [3.8, 4) is 5.75 Å². The number of nitrogens with zero attached hydrogens (tertiary/aromatic N) is 2. The first-order valence-electron chi connectivity index (χ1n) is 9.23. The zero-order valence-electron chi connectivity index (χ0n) is 15.4. The van der Waals surface area contributed by atoms with Gasteiger partial charge in [0, 0.05) is 31.7 Å². The topological polar surface area (TPSA) is 61.9 Å². The lowest BCUT2D eigenvalue weighted by molar-refractivity contribution is -0.132. The molecule has 2 aromatic carbocycles. The van der Waals surface area contributed by atoms with Gasteiger partial charge in [0.1, 0.15) is 5.75 Å².